The number of halogens is 1. The van der Waals surface area contributed by atoms with Gasteiger partial charge >= 0.3 is 0 Å². The van der Waals surface area contributed by atoms with Gasteiger partial charge in [-0.2, -0.15) is 10.4 Å². The van der Waals surface area contributed by atoms with E-state index in [1.165, 1.54) is 4.90 Å². The normalized spacial score (nSPS) is 21.1. The number of unbranched alkanes of at least 4 members (excludes halogenated alkanes) is 1. The maximum atomic E-state index is 13.3. The van der Waals surface area contributed by atoms with Gasteiger partial charge < -0.3 is 9.80 Å². The molecule has 1 fully saturated rings. The first-order valence-corrected chi connectivity index (χ1v) is 10.7. The van der Waals surface area contributed by atoms with E-state index < -0.39 is 6.04 Å². The molecule has 2 aliphatic rings. The zero-order valence-electron chi connectivity index (χ0n) is 16.9. The van der Waals surface area contributed by atoms with E-state index in [0.29, 0.717) is 30.2 Å². The first-order chi connectivity index (χ1) is 14.5. The highest BCUT2D eigenvalue weighted by Crippen LogP contribution is 2.32. The van der Waals surface area contributed by atoms with Gasteiger partial charge in [0.1, 0.15) is 18.3 Å². The van der Waals surface area contributed by atoms with Crippen molar-refractivity contribution in [1.29, 1.82) is 5.26 Å². The van der Waals surface area contributed by atoms with Crippen LogP contribution in [0.3, 0.4) is 0 Å². The molecule has 1 aromatic carbocycles. The molecule has 2 aromatic rings. The lowest BCUT2D eigenvalue weighted by Crippen LogP contribution is -2.51. The Kier molecular flexibility index (Phi) is 5.78. The van der Waals surface area contributed by atoms with Crippen molar-refractivity contribution in [2.45, 2.75) is 44.7 Å². The van der Waals surface area contributed by atoms with Crippen LogP contribution >= 0.6 is 11.6 Å². The molecule has 8 heteroatoms. The Balaban J connectivity index is 1.67. The number of carbonyl (C=O) groups is 2. The maximum absolute atomic E-state index is 13.3. The van der Waals surface area contributed by atoms with E-state index in [9.17, 15) is 9.59 Å². The van der Waals surface area contributed by atoms with E-state index in [0.717, 1.165) is 30.5 Å². The molecule has 2 atom stereocenters. The predicted molar refractivity (Wildman–Crippen MR) is 113 cm³/mol. The smallest absolute Gasteiger partial charge is 0.272 e. The third-order valence-electron chi connectivity index (χ3n) is 5.91. The molecule has 7 nitrogen and oxygen atoms in total. The fraction of sp³-hybridized carbons (Fsp3) is 0.455. The molecule has 1 aromatic heterocycles. The highest BCUT2D eigenvalue weighted by Gasteiger charge is 2.43. The Morgan fingerprint density at radius 2 is 2.03 bits per heavy atom. The van der Waals surface area contributed by atoms with Gasteiger partial charge in [-0.3, -0.25) is 14.3 Å². The Hall–Kier alpha value is -2.85. The number of carbonyl (C=O) groups excluding carboxylic acids is 2. The number of aromatic nitrogens is 2. The summed E-state index contributed by atoms with van der Waals surface area (Å²) >= 11 is 6.00. The van der Waals surface area contributed by atoms with Gasteiger partial charge in [-0.1, -0.05) is 43.5 Å². The van der Waals surface area contributed by atoms with E-state index in [2.05, 4.69) is 6.92 Å². The molecule has 2 amide bonds. The largest absolute Gasteiger partial charge is 0.327 e. The molecule has 1 saturated heterocycles. The van der Waals surface area contributed by atoms with Crippen molar-refractivity contribution in [2.75, 3.05) is 19.6 Å². The number of fused-ring (bicyclic) bond motifs is 1. The molecule has 0 saturated carbocycles. The molecule has 0 N–H and O–H groups in total. The van der Waals surface area contributed by atoms with Crippen LogP contribution in [0.4, 0.5) is 0 Å². The fourth-order valence-corrected chi connectivity index (χ4v) is 4.43. The van der Waals surface area contributed by atoms with Crippen LogP contribution in [-0.4, -0.2) is 57.1 Å². The first-order valence-electron chi connectivity index (χ1n) is 10.4. The zero-order valence-corrected chi connectivity index (χ0v) is 17.7. The number of nitrogens with zero attached hydrogens (tertiary/aromatic N) is 5. The molecule has 3 heterocycles. The molecule has 156 valence electrons. The summed E-state index contributed by atoms with van der Waals surface area (Å²) < 4.78 is 1.84. The summed E-state index contributed by atoms with van der Waals surface area (Å²) in [6, 6.07) is 10.7. The number of benzene rings is 1. The van der Waals surface area contributed by atoms with E-state index in [-0.39, 0.29) is 24.4 Å². The molecule has 0 aliphatic carbocycles. The third kappa shape index (κ3) is 3.68. The summed E-state index contributed by atoms with van der Waals surface area (Å²) in [5, 5.41) is 14.3. The maximum Gasteiger partial charge on any atom is 0.272 e. The molecule has 2 unspecified atom stereocenters. The number of hydrogen-bond donors (Lipinski definition) is 0. The molecule has 4 rings (SSSR count). The van der Waals surface area contributed by atoms with Gasteiger partial charge in [-0.25, -0.2) is 0 Å². The van der Waals surface area contributed by atoms with Crippen LogP contribution in [0.25, 0.3) is 11.3 Å². The topological polar surface area (TPSA) is 82.2 Å². The molecule has 30 heavy (non-hydrogen) atoms. The summed E-state index contributed by atoms with van der Waals surface area (Å²) in [5.41, 5.74) is 2.13. The molecule has 0 radical (unpaired) electrons. The number of hydrogen-bond acceptors (Lipinski definition) is 4. The first kappa shape index (κ1) is 20.4. The second-order valence-electron chi connectivity index (χ2n) is 7.84. The molecule has 0 bridgehead atoms. The van der Waals surface area contributed by atoms with Crippen LogP contribution in [0.1, 0.15) is 49.1 Å². The third-order valence-corrected chi connectivity index (χ3v) is 6.16. The van der Waals surface area contributed by atoms with Gasteiger partial charge in [0.2, 0.25) is 5.91 Å². The number of likely N-dealkylation sites (tertiary alicyclic amines) is 1. The Morgan fingerprint density at radius 1 is 1.27 bits per heavy atom. The van der Waals surface area contributed by atoms with E-state index in [1.807, 2.05) is 29.0 Å². The quantitative estimate of drug-likeness (QED) is 0.663. The summed E-state index contributed by atoms with van der Waals surface area (Å²) in [5.74, 6) is -0.308. The zero-order chi connectivity index (χ0) is 21.3. The van der Waals surface area contributed by atoms with Crippen LogP contribution in [0, 0.1) is 11.3 Å². The van der Waals surface area contributed by atoms with Crippen molar-refractivity contribution in [1.82, 2.24) is 19.6 Å². The predicted octanol–water partition coefficient (Wildman–Crippen LogP) is 3.52. The van der Waals surface area contributed by atoms with Gasteiger partial charge in [0.15, 0.2) is 0 Å². The minimum absolute atomic E-state index is 0.0246. The van der Waals surface area contributed by atoms with Gasteiger partial charge in [0.05, 0.1) is 17.8 Å². The molecular weight excluding hydrogens is 402 g/mol. The van der Waals surface area contributed by atoms with Crippen molar-refractivity contribution in [2.24, 2.45) is 0 Å². The molecule has 2 aliphatic heterocycles. The van der Waals surface area contributed by atoms with Crippen LogP contribution in [-0.2, 0) is 4.79 Å². The number of nitriles is 1. The van der Waals surface area contributed by atoms with E-state index in [4.69, 9.17) is 22.0 Å². The number of amides is 2. The number of rotatable bonds is 6. The fourth-order valence-electron chi connectivity index (χ4n) is 4.30. The minimum Gasteiger partial charge on any atom is -0.327 e. The lowest BCUT2D eigenvalue weighted by molar-refractivity contribution is -0.131. The highest BCUT2D eigenvalue weighted by atomic mass is 35.5. The second-order valence-corrected chi connectivity index (χ2v) is 8.28. The lowest BCUT2D eigenvalue weighted by Gasteiger charge is -2.36. The summed E-state index contributed by atoms with van der Waals surface area (Å²) in [6.45, 7) is 3.17. The summed E-state index contributed by atoms with van der Waals surface area (Å²) in [4.78, 5) is 29.3. The van der Waals surface area contributed by atoms with E-state index in [1.54, 1.807) is 17.0 Å². The van der Waals surface area contributed by atoms with Crippen molar-refractivity contribution < 1.29 is 9.59 Å². The SMILES string of the molecule is CCCCC1CN(C2CCN(CC#N)C2=O)C(=O)c2cc(-c3ccc(Cl)cc3)nn21. The van der Waals surface area contributed by atoms with Crippen molar-refractivity contribution >= 4 is 23.4 Å². The molecule has 0 spiro atoms. The summed E-state index contributed by atoms with van der Waals surface area (Å²) in [6.07, 6.45) is 3.51. The van der Waals surface area contributed by atoms with Crippen molar-refractivity contribution in [3.05, 3.63) is 41.0 Å². The Morgan fingerprint density at radius 3 is 2.73 bits per heavy atom. The Bertz CT molecular complexity index is 994. The summed E-state index contributed by atoms with van der Waals surface area (Å²) in [7, 11) is 0. The van der Waals surface area contributed by atoms with Crippen molar-refractivity contribution in [3.8, 4) is 17.3 Å². The minimum atomic E-state index is -0.502. The lowest BCUT2D eigenvalue weighted by atomic mass is 10.0. The van der Waals surface area contributed by atoms with Crippen molar-refractivity contribution in [3.63, 3.8) is 0 Å². The van der Waals surface area contributed by atoms with Gasteiger partial charge in [-0.15, -0.1) is 0 Å². The van der Waals surface area contributed by atoms with Gasteiger partial charge in [0, 0.05) is 23.7 Å². The van der Waals surface area contributed by atoms with Crippen LogP contribution in [0.5, 0.6) is 0 Å². The highest BCUT2D eigenvalue weighted by molar-refractivity contribution is 6.30. The standard InChI is InChI=1S/C22H24ClN5O2/c1-2-3-4-17-14-27(19-9-11-26(12-10-24)21(19)29)22(30)20-13-18(25-28(17)20)15-5-7-16(23)8-6-15/h5-8,13,17,19H,2-4,9,11-12,14H2,1H3. The van der Waals surface area contributed by atoms with Crippen LogP contribution in [0.15, 0.2) is 30.3 Å². The molecular formula is C22H24ClN5O2. The second kappa shape index (κ2) is 8.49. The average molecular weight is 426 g/mol. The van der Waals surface area contributed by atoms with Crippen LogP contribution in [0.2, 0.25) is 5.02 Å². The Labute approximate surface area is 180 Å². The van der Waals surface area contributed by atoms with E-state index >= 15 is 0 Å². The van der Waals surface area contributed by atoms with Crippen LogP contribution < -0.4 is 0 Å². The average Bonchev–Trinajstić information content (AvgIpc) is 3.34. The van der Waals surface area contributed by atoms with Gasteiger partial charge in [0.25, 0.3) is 5.91 Å². The monoisotopic (exact) mass is 425 g/mol. The van der Waals surface area contributed by atoms with Gasteiger partial charge in [-0.05, 0) is 31.0 Å².